The van der Waals surface area contributed by atoms with Crippen molar-refractivity contribution in [1.82, 2.24) is 10.3 Å². The van der Waals surface area contributed by atoms with Crippen molar-refractivity contribution in [1.29, 1.82) is 0 Å². The third-order valence-electron chi connectivity index (χ3n) is 5.22. The number of nitrogens with zero attached hydrogens (tertiary/aromatic N) is 1. The van der Waals surface area contributed by atoms with Crippen LogP contribution < -0.4 is 15.1 Å². The number of aromatic amines is 1. The zero-order chi connectivity index (χ0) is 22.8. The number of anilines is 1. The Labute approximate surface area is 182 Å². The SMILES string of the molecule is Cc1ccccc1N(C)S(=O)(=O)c1ccc2[nH]cc(C(=O)NCCC(C)C)c(=O)c2c1. The van der Waals surface area contributed by atoms with Gasteiger partial charge in [0.25, 0.3) is 15.9 Å². The highest BCUT2D eigenvalue weighted by atomic mass is 32.2. The maximum Gasteiger partial charge on any atom is 0.264 e. The molecule has 0 saturated carbocycles. The molecule has 1 heterocycles. The number of H-pyrrole nitrogens is 1. The average molecular weight is 442 g/mol. The first-order valence-corrected chi connectivity index (χ1v) is 11.5. The first kappa shape index (κ1) is 22.6. The number of rotatable bonds is 7. The van der Waals surface area contributed by atoms with E-state index in [4.69, 9.17) is 0 Å². The quantitative estimate of drug-likeness (QED) is 0.587. The van der Waals surface area contributed by atoms with Gasteiger partial charge in [0.05, 0.1) is 10.6 Å². The van der Waals surface area contributed by atoms with E-state index in [1.54, 1.807) is 12.1 Å². The van der Waals surface area contributed by atoms with Gasteiger partial charge in [-0.3, -0.25) is 13.9 Å². The predicted octanol–water partition coefficient (Wildman–Crippen LogP) is 3.44. The molecule has 0 atom stereocenters. The lowest BCUT2D eigenvalue weighted by Gasteiger charge is -2.21. The fourth-order valence-corrected chi connectivity index (χ4v) is 4.59. The molecule has 0 saturated heterocycles. The number of aromatic nitrogens is 1. The zero-order valence-electron chi connectivity index (χ0n) is 18.1. The van der Waals surface area contributed by atoms with Crippen molar-refractivity contribution >= 4 is 32.5 Å². The van der Waals surface area contributed by atoms with Gasteiger partial charge >= 0.3 is 0 Å². The topological polar surface area (TPSA) is 99.3 Å². The predicted molar refractivity (Wildman–Crippen MR) is 123 cm³/mol. The number of sulfonamides is 1. The summed E-state index contributed by atoms with van der Waals surface area (Å²) in [7, 11) is -2.42. The molecule has 0 aliphatic heterocycles. The first-order chi connectivity index (χ1) is 14.6. The molecule has 31 heavy (non-hydrogen) atoms. The van der Waals surface area contributed by atoms with Gasteiger partial charge in [0, 0.05) is 30.7 Å². The number of pyridine rings is 1. The van der Waals surface area contributed by atoms with E-state index in [9.17, 15) is 18.0 Å². The summed E-state index contributed by atoms with van der Waals surface area (Å²) in [5.74, 6) is -0.0534. The van der Waals surface area contributed by atoms with Crippen LogP contribution >= 0.6 is 0 Å². The number of aryl methyl sites for hydroxylation is 1. The third-order valence-corrected chi connectivity index (χ3v) is 6.98. The molecule has 0 unspecified atom stereocenters. The number of carbonyl (C=O) groups is 1. The zero-order valence-corrected chi connectivity index (χ0v) is 18.9. The molecule has 8 heteroatoms. The number of hydrogen-bond acceptors (Lipinski definition) is 4. The van der Waals surface area contributed by atoms with E-state index in [1.807, 2.05) is 32.9 Å². The summed E-state index contributed by atoms with van der Waals surface area (Å²) in [5, 5.41) is 2.89. The first-order valence-electron chi connectivity index (χ1n) is 10.1. The van der Waals surface area contributed by atoms with Crippen LogP contribution in [0, 0.1) is 12.8 Å². The maximum atomic E-state index is 13.2. The molecular formula is C23H27N3O4S. The van der Waals surface area contributed by atoms with E-state index < -0.39 is 21.4 Å². The maximum absolute atomic E-state index is 13.2. The highest BCUT2D eigenvalue weighted by molar-refractivity contribution is 7.92. The Kier molecular flexibility index (Phi) is 6.50. The molecule has 0 bridgehead atoms. The lowest BCUT2D eigenvalue weighted by Crippen LogP contribution is -2.30. The van der Waals surface area contributed by atoms with Crippen LogP contribution in [0.1, 0.15) is 36.2 Å². The van der Waals surface area contributed by atoms with E-state index in [2.05, 4.69) is 10.3 Å². The number of fused-ring (bicyclic) bond motifs is 1. The summed E-state index contributed by atoms with van der Waals surface area (Å²) in [6, 6.07) is 11.5. The number of hydrogen-bond donors (Lipinski definition) is 2. The van der Waals surface area contributed by atoms with Gasteiger partial charge in [-0.05, 0) is 49.1 Å². The lowest BCUT2D eigenvalue weighted by atomic mass is 10.1. The summed E-state index contributed by atoms with van der Waals surface area (Å²) < 4.78 is 27.6. The normalized spacial score (nSPS) is 11.6. The molecular weight excluding hydrogens is 414 g/mol. The second-order valence-corrected chi connectivity index (χ2v) is 9.91. The van der Waals surface area contributed by atoms with Crippen molar-refractivity contribution in [3.63, 3.8) is 0 Å². The molecule has 3 rings (SSSR count). The highest BCUT2D eigenvalue weighted by Gasteiger charge is 2.23. The van der Waals surface area contributed by atoms with Gasteiger partial charge in [-0.1, -0.05) is 32.0 Å². The molecule has 7 nitrogen and oxygen atoms in total. The Bertz CT molecular complexity index is 1280. The van der Waals surface area contributed by atoms with Crippen LogP contribution in [-0.2, 0) is 10.0 Å². The highest BCUT2D eigenvalue weighted by Crippen LogP contribution is 2.26. The summed E-state index contributed by atoms with van der Waals surface area (Å²) in [6.45, 7) is 6.38. The van der Waals surface area contributed by atoms with E-state index in [1.165, 1.54) is 35.7 Å². The molecule has 0 radical (unpaired) electrons. The number of nitrogens with one attached hydrogen (secondary N) is 2. The number of para-hydroxylation sites is 1. The lowest BCUT2D eigenvalue weighted by molar-refractivity contribution is 0.0951. The van der Waals surface area contributed by atoms with E-state index >= 15 is 0 Å². The standard InChI is InChI=1S/C23H27N3O4S/c1-15(2)11-12-24-23(28)19-14-25-20-10-9-17(13-18(20)22(19)27)31(29,30)26(4)21-8-6-5-7-16(21)3/h5-10,13-15H,11-12H2,1-4H3,(H,24,28)(H,25,27). The molecule has 2 N–H and O–H groups in total. The second kappa shape index (κ2) is 8.93. The van der Waals surface area contributed by atoms with Crippen molar-refractivity contribution in [3.05, 3.63) is 70.0 Å². The van der Waals surface area contributed by atoms with Gasteiger partial charge in [-0.2, -0.15) is 0 Å². The number of benzene rings is 2. The van der Waals surface area contributed by atoms with Gasteiger partial charge in [0.2, 0.25) is 5.43 Å². The van der Waals surface area contributed by atoms with Crippen LogP contribution in [-0.4, -0.2) is 32.9 Å². The van der Waals surface area contributed by atoms with Crippen molar-refractivity contribution in [3.8, 4) is 0 Å². The Balaban J connectivity index is 2.00. The van der Waals surface area contributed by atoms with Gasteiger partial charge in [0.1, 0.15) is 5.56 Å². The number of carbonyl (C=O) groups excluding carboxylic acids is 1. The minimum Gasteiger partial charge on any atom is -0.360 e. The molecule has 0 aliphatic rings. The van der Waals surface area contributed by atoms with E-state index in [-0.39, 0.29) is 15.8 Å². The van der Waals surface area contributed by atoms with Crippen molar-refractivity contribution in [2.75, 3.05) is 17.9 Å². The van der Waals surface area contributed by atoms with E-state index in [0.29, 0.717) is 23.7 Å². The molecule has 0 fully saturated rings. The van der Waals surface area contributed by atoms with E-state index in [0.717, 1.165) is 12.0 Å². The Hall–Kier alpha value is -3.13. The van der Waals surface area contributed by atoms with Crippen LogP contribution in [0.2, 0.25) is 0 Å². The van der Waals surface area contributed by atoms with Crippen LogP contribution in [0.4, 0.5) is 5.69 Å². The van der Waals surface area contributed by atoms with Gasteiger partial charge < -0.3 is 10.3 Å². The van der Waals surface area contributed by atoms with Gasteiger partial charge in [-0.15, -0.1) is 0 Å². The Morgan fingerprint density at radius 1 is 1.16 bits per heavy atom. The van der Waals surface area contributed by atoms with Crippen molar-refractivity contribution in [2.45, 2.75) is 32.1 Å². The van der Waals surface area contributed by atoms with Crippen molar-refractivity contribution in [2.24, 2.45) is 5.92 Å². The monoisotopic (exact) mass is 441 g/mol. The van der Waals surface area contributed by atoms with Gasteiger partial charge in [0.15, 0.2) is 0 Å². The third kappa shape index (κ3) is 4.64. The molecule has 2 aromatic carbocycles. The summed E-state index contributed by atoms with van der Waals surface area (Å²) in [5.41, 5.74) is 1.27. The fourth-order valence-electron chi connectivity index (χ4n) is 3.30. The molecule has 0 aliphatic carbocycles. The largest absolute Gasteiger partial charge is 0.360 e. The van der Waals surface area contributed by atoms with Crippen LogP contribution in [0.15, 0.2) is 58.4 Å². The summed E-state index contributed by atoms with van der Waals surface area (Å²) in [6.07, 6.45) is 2.16. The van der Waals surface area contributed by atoms with Gasteiger partial charge in [-0.25, -0.2) is 8.42 Å². The average Bonchev–Trinajstić information content (AvgIpc) is 2.73. The van der Waals surface area contributed by atoms with Crippen LogP contribution in [0.3, 0.4) is 0 Å². The molecule has 3 aromatic rings. The minimum atomic E-state index is -3.90. The second-order valence-electron chi connectivity index (χ2n) is 7.94. The molecule has 0 spiro atoms. The smallest absolute Gasteiger partial charge is 0.264 e. The number of amides is 1. The Morgan fingerprint density at radius 3 is 2.55 bits per heavy atom. The van der Waals surface area contributed by atoms with Crippen LogP contribution in [0.25, 0.3) is 10.9 Å². The fraction of sp³-hybridized carbons (Fsp3) is 0.304. The molecule has 164 valence electrons. The van der Waals surface area contributed by atoms with Crippen LogP contribution in [0.5, 0.6) is 0 Å². The summed E-state index contributed by atoms with van der Waals surface area (Å²) in [4.78, 5) is 28.3. The Morgan fingerprint density at radius 2 is 1.87 bits per heavy atom. The molecule has 1 aromatic heterocycles. The molecule has 1 amide bonds. The summed E-state index contributed by atoms with van der Waals surface area (Å²) >= 11 is 0. The van der Waals surface area contributed by atoms with Crippen molar-refractivity contribution < 1.29 is 13.2 Å². The minimum absolute atomic E-state index is 0.0198.